The largest absolute Gasteiger partial charge is 0.451 e. The molecule has 122 valence electrons. The molecule has 2 rings (SSSR count). The standard InChI is InChI=1S/C14H15N3O5S/c1-8-6-11(22-17-8)16-13(19)9(2)21-12(18)7-15-14(20)10-4-3-5-23-10/h3-6,9H,7H2,1-2H3,(H,15,20)(H,16,19)/t9-/m0/s1. The second-order valence-electron chi connectivity index (χ2n) is 4.61. The summed E-state index contributed by atoms with van der Waals surface area (Å²) < 4.78 is 9.77. The number of hydrogen-bond acceptors (Lipinski definition) is 7. The molecule has 0 unspecified atom stereocenters. The highest BCUT2D eigenvalue weighted by Gasteiger charge is 2.19. The fourth-order valence-corrected chi connectivity index (χ4v) is 2.23. The third-order valence-corrected chi connectivity index (χ3v) is 3.56. The maximum atomic E-state index is 11.8. The first-order valence-electron chi connectivity index (χ1n) is 6.71. The highest BCUT2D eigenvalue weighted by molar-refractivity contribution is 7.12. The molecule has 0 aliphatic carbocycles. The number of aryl methyl sites for hydroxylation is 1. The summed E-state index contributed by atoms with van der Waals surface area (Å²) in [4.78, 5) is 35.6. The van der Waals surface area contributed by atoms with Crippen LogP contribution in [0.15, 0.2) is 28.1 Å². The smallest absolute Gasteiger partial charge is 0.326 e. The first kappa shape index (κ1) is 16.7. The summed E-state index contributed by atoms with van der Waals surface area (Å²) in [5.74, 6) is -1.47. The molecule has 1 atom stereocenters. The van der Waals surface area contributed by atoms with E-state index in [0.717, 1.165) is 0 Å². The Bertz CT molecular complexity index is 695. The molecule has 2 N–H and O–H groups in total. The maximum absolute atomic E-state index is 11.8. The Balaban J connectivity index is 1.75. The summed E-state index contributed by atoms with van der Waals surface area (Å²) in [6, 6.07) is 4.91. The number of esters is 1. The Labute approximate surface area is 135 Å². The number of rotatable bonds is 6. The van der Waals surface area contributed by atoms with Gasteiger partial charge in [-0.1, -0.05) is 11.2 Å². The number of hydrogen-bond donors (Lipinski definition) is 2. The third kappa shape index (κ3) is 4.92. The van der Waals surface area contributed by atoms with Crippen molar-refractivity contribution in [2.75, 3.05) is 11.9 Å². The summed E-state index contributed by atoms with van der Waals surface area (Å²) in [5, 5.41) is 10.2. The number of anilines is 1. The van der Waals surface area contributed by atoms with Gasteiger partial charge in [0, 0.05) is 6.07 Å². The van der Waals surface area contributed by atoms with Crippen LogP contribution in [0.4, 0.5) is 5.88 Å². The van der Waals surface area contributed by atoms with E-state index in [1.807, 2.05) is 0 Å². The summed E-state index contributed by atoms with van der Waals surface area (Å²) in [7, 11) is 0. The number of aromatic nitrogens is 1. The molecule has 0 saturated carbocycles. The molecule has 2 heterocycles. The molecule has 0 radical (unpaired) electrons. The Morgan fingerprint density at radius 2 is 2.22 bits per heavy atom. The van der Waals surface area contributed by atoms with Crippen molar-refractivity contribution in [3.8, 4) is 0 Å². The van der Waals surface area contributed by atoms with Crippen molar-refractivity contribution in [3.05, 3.63) is 34.2 Å². The van der Waals surface area contributed by atoms with E-state index < -0.39 is 18.0 Å². The average molecular weight is 337 g/mol. The summed E-state index contributed by atoms with van der Waals surface area (Å²) in [6.45, 7) is 2.80. The van der Waals surface area contributed by atoms with Crippen molar-refractivity contribution < 1.29 is 23.6 Å². The predicted molar refractivity (Wildman–Crippen MR) is 82.1 cm³/mol. The first-order chi connectivity index (χ1) is 11.0. The van der Waals surface area contributed by atoms with Gasteiger partial charge >= 0.3 is 5.97 Å². The van der Waals surface area contributed by atoms with Crippen LogP contribution in [-0.4, -0.2) is 35.6 Å². The van der Waals surface area contributed by atoms with Gasteiger partial charge in [0.05, 0.1) is 10.6 Å². The number of nitrogens with zero attached hydrogens (tertiary/aromatic N) is 1. The number of carbonyl (C=O) groups is 3. The highest BCUT2D eigenvalue weighted by atomic mass is 32.1. The zero-order chi connectivity index (χ0) is 16.8. The van der Waals surface area contributed by atoms with Crippen molar-refractivity contribution in [1.29, 1.82) is 0 Å². The van der Waals surface area contributed by atoms with Crippen molar-refractivity contribution in [3.63, 3.8) is 0 Å². The first-order valence-corrected chi connectivity index (χ1v) is 7.59. The molecule has 23 heavy (non-hydrogen) atoms. The van der Waals surface area contributed by atoms with Gasteiger partial charge in [0.15, 0.2) is 6.10 Å². The van der Waals surface area contributed by atoms with Crippen LogP contribution in [0.3, 0.4) is 0 Å². The molecular weight excluding hydrogens is 322 g/mol. The Kier molecular flexibility index (Phi) is 5.47. The monoisotopic (exact) mass is 337 g/mol. The molecule has 0 aliphatic rings. The molecule has 2 amide bonds. The van der Waals surface area contributed by atoms with Crippen molar-refractivity contribution >= 4 is 35.0 Å². The van der Waals surface area contributed by atoms with Crippen LogP contribution >= 0.6 is 11.3 Å². The lowest BCUT2D eigenvalue weighted by molar-refractivity contribution is -0.152. The lowest BCUT2D eigenvalue weighted by Gasteiger charge is -2.12. The third-order valence-electron chi connectivity index (χ3n) is 2.69. The second-order valence-corrected chi connectivity index (χ2v) is 5.56. The van der Waals surface area contributed by atoms with E-state index in [4.69, 9.17) is 9.26 Å². The summed E-state index contributed by atoms with van der Waals surface area (Å²) in [6.07, 6.45) is -1.04. The number of carbonyl (C=O) groups excluding carboxylic acids is 3. The average Bonchev–Trinajstić information content (AvgIpc) is 3.16. The molecule has 2 aromatic rings. The molecule has 0 saturated heterocycles. The fourth-order valence-electron chi connectivity index (χ4n) is 1.59. The lowest BCUT2D eigenvalue weighted by atomic mass is 10.3. The molecule has 8 nitrogen and oxygen atoms in total. The van der Waals surface area contributed by atoms with Crippen LogP contribution in [0.1, 0.15) is 22.3 Å². The highest BCUT2D eigenvalue weighted by Crippen LogP contribution is 2.09. The summed E-state index contributed by atoms with van der Waals surface area (Å²) >= 11 is 1.26. The van der Waals surface area contributed by atoms with Gasteiger partial charge in [-0.15, -0.1) is 11.3 Å². The number of nitrogens with one attached hydrogen (secondary N) is 2. The maximum Gasteiger partial charge on any atom is 0.326 e. The van der Waals surface area contributed by atoms with E-state index in [2.05, 4.69) is 15.8 Å². The molecule has 2 aromatic heterocycles. The molecule has 0 aliphatic heterocycles. The van der Waals surface area contributed by atoms with Crippen molar-refractivity contribution in [1.82, 2.24) is 10.5 Å². The van der Waals surface area contributed by atoms with Crippen LogP contribution in [-0.2, 0) is 14.3 Å². The van der Waals surface area contributed by atoms with E-state index in [1.165, 1.54) is 24.3 Å². The van der Waals surface area contributed by atoms with Crippen molar-refractivity contribution in [2.24, 2.45) is 0 Å². The van der Waals surface area contributed by atoms with E-state index in [0.29, 0.717) is 10.6 Å². The van der Waals surface area contributed by atoms with Crippen LogP contribution in [0.25, 0.3) is 0 Å². The van der Waals surface area contributed by atoms with Gasteiger partial charge in [0.1, 0.15) is 6.54 Å². The minimum atomic E-state index is -1.04. The summed E-state index contributed by atoms with van der Waals surface area (Å²) in [5.41, 5.74) is 0.612. The number of thiophene rings is 1. The van der Waals surface area contributed by atoms with Gasteiger partial charge in [0.25, 0.3) is 11.8 Å². The number of amides is 2. The molecule has 0 spiro atoms. The minimum Gasteiger partial charge on any atom is -0.451 e. The zero-order valence-corrected chi connectivity index (χ0v) is 13.3. The molecule has 0 bridgehead atoms. The molecule has 9 heteroatoms. The van der Waals surface area contributed by atoms with E-state index in [1.54, 1.807) is 24.4 Å². The quantitative estimate of drug-likeness (QED) is 0.770. The van der Waals surface area contributed by atoms with E-state index in [9.17, 15) is 14.4 Å². The van der Waals surface area contributed by atoms with Crippen LogP contribution in [0, 0.1) is 6.92 Å². The van der Waals surface area contributed by atoms with Gasteiger partial charge in [0.2, 0.25) is 5.88 Å². The second kappa shape index (κ2) is 7.54. The van der Waals surface area contributed by atoms with Gasteiger partial charge in [-0.3, -0.25) is 19.7 Å². The SMILES string of the molecule is Cc1cc(NC(=O)[C@H](C)OC(=O)CNC(=O)c2cccs2)on1. The van der Waals surface area contributed by atoms with Gasteiger partial charge in [-0.2, -0.15) is 0 Å². The lowest BCUT2D eigenvalue weighted by Crippen LogP contribution is -2.35. The van der Waals surface area contributed by atoms with Gasteiger partial charge in [-0.25, -0.2) is 0 Å². The fraction of sp³-hybridized carbons (Fsp3) is 0.286. The molecule has 0 aromatic carbocycles. The number of ether oxygens (including phenoxy) is 1. The molecular formula is C14H15N3O5S. The topological polar surface area (TPSA) is 111 Å². The van der Waals surface area contributed by atoms with Crippen LogP contribution in [0.2, 0.25) is 0 Å². The van der Waals surface area contributed by atoms with Crippen LogP contribution < -0.4 is 10.6 Å². The van der Waals surface area contributed by atoms with Crippen molar-refractivity contribution in [2.45, 2.75) is 20.0 Å². The van der Waals surface area contributed by atoms with Gasteiger partial charge < -0.3 is 14.6 Å². The van der Waals surface area contributed by atoms with E-state index in [-0.39, 0.29) is 18.3 Å². The minimum absolute atomic E-state index is 0.168. The predicted octanol–water partition coefficient (Wildman–Crippen LogP) is 1.34. The molecule has 0 fully saturated rings. The van der Waals surface area contributed by atoms with Crippen LogP contribution in [0.5, 0.6) is 0 Å². The zero-order valence-electron chi connectivity index (χ0n) is 12.5. The van der Waals surface area contributed by atoms with E-state index >= 15 is 0 Å². The Hall–Kier alpha value is -2.68. The Morgan fingerprint density at radius 1 is 1.43 bits per heavy atom. The Morgan fingerprint density at radius 3 is 2.83 bits per heavy atom. The van der Waals surface area contributed by atoms with Gasteiger partial charge in [-0.05, 0) is 25.3 Å². The normalized spacial score (nSPS) is 11.6.